The van der Waals surface area contributed by atoms with Crippen LogP contribution in [0.4, 0.5) is 4.79 Å². The molecule has 1 heterocycles. The Morgan fingerprint density at radius 3 is 2.60 bits per heavy atom. The van der Waals surface area contributed by atoms with Gasteiger partial charge in [0.2, 0.25) is 0 Å². The number of hydrogen-bond donors (Lipinski definition) is 0. The maximum atomic E-state index is 13.4. The van der Waals surface area contributed by atoms with Crippen molar-refractivity contribution < 1.29 is 23.8 Å². The number of ketones is 1. The van der Waals surface area contributed by atoms with E-state index in [0.29, 0.717) is 17.9 Å². The van der Waals surface area contributed by atoms with Gasteiger partial charge in [-0.1, -0.05) is 58.4 Å². The molecule has 6 nitrogen and oxygen atoms in total. The van der Waals surface area contributed by atoms with Gasteiger partial charge in [-0.05, 0) is 47.4 Å². The highest BCUT2D eigenvalue weighted by molar-refractivity contribution is 9.10. The summed E-state index contributed by atoms with van der Waals surface area (Å²) < 4.78 is 17.9. The zero-order valence-corrected chi connectivity index (χ0v) is 21.2. The maximum Gasteiger partial charge on any atom is 0.410 e. The summed E-state index contributed by atoms with van der Waals surface area (Å²) in [5, 5.41) is 0. The van der Waals surface area contributed by atoms with Crippen molar-refractivity contribution in [2.45, 2.75) is 30.9 Å². The number of amides is 1. The highest BCUT2D eigenvalue weighted by atomic mass is 79.9. The Hall–Kier alpha value is -3.32. The van der Waals surface area contributed by atoms with Crippen LogP contribution in [-0.2, 0) is 28.0 Å². The Labute approximate surface area is 212 Å². The van der Waals surface area contributed by atoms with Crippen LogP contribution in [-0.4, -0.2) is 43.6 Å². The molecule has 35 heavy (non-hydrogen) atoms. The summed E-state index contributed by atoms with van der Waals surface area (Å²) in [5.41, 5.74) is 2.97. The molecule has 0 radical (unpaired) electrons. The molecule has 1 aliphatic carbocycles. The molecule has 7 heteroatoms. The van der Waals surface area contributed by atoms with Crippen LogP contribution in [0, 0.1) is 0 Å². The number of Topliss-reactive ketones (excluding diaryl/α,β-unsaturated/α-hetero) is 1. The monoisotopic (exact) mass is 535 g/mol. The molecule has 0 saturated carbocycles. The zero-order valence-electron chi connectivity index (χ0n) is 19.6. The third kappa shape index (κ3) is 3.97. The molecule has 5 rings (SSSR count). The van der Waals surface area contributed by atoms with Crippen molar-refractivity contribution in [1.82, 2.24) is 4.90 Å². The van der Waals surface area contributed by atoms with Gasteiger partial charge < -0.3 is 14.2 Å². The van der Waals surface area contributed by atoms with Crippen molar-refractivity contribution >= 4 is 27.8 Å². The first-order chi connectivity index (χ1) is 17.0. The zero-order chi connectivity index (χ0) is 24.6. The predicted octanol–water partition coefficient (Wildman–Crippen LogP) is 5.29. The smallest absolute Gasteiger partial charge is 0.410 e. The molecule has 3 aromatic carbocycles. The number of rotatable bonds is 5. The number of nitrogens with zero attached hydrogens (tertiary/aromatic N) is 1. The van der Waals surface area contributed by atoms with Gasteiger partial charge in [0.05, 0.1) is 32.2 Å². The molecule has 1 amide bonds. The van der Waals surface area contributed by atoms with Crippen molar-refractivity contribution in [2.24, 2.45) is 0 Å². The van der Waals surface area contributed by atoms with Gasteiger partial charge in [0, 0.05) is 16.5 Å². The fourth-order valence-corrected chi connectivity index (χ4v) is 6.07. The Morgan fingerprint density at radius 2 is 1.86 bits per heavy atom. The van der Waals surface area contributed by atoms with E-state index in [2.05, 4.69) is 15.9 Å². The molecule has 1 saturated heterocycles. The van der Waals surface area contributed by atoms with E-state index >= 15 is 0 Å². The molecule has 0 aromatic heterocycles. The number of likely N-dealkylation sites (tertiary alicyclic amines) is 1. The van der Waals surface area contributed by atoms with Gasteiger partial charge >= 0.3 is 6.09 Å². The molecule has 1 fully saturated rings. The summed E-state index contributed by atoms with van der Waals surface area (Å²) in [6, 6.07) is 20.8. The molecule has 2 aliphatic rings. The number of fused-ring (bicyclic) bond motifs is 3. The lowest BCUT2D eigenvalue weighted by atomic mass is 9.66. The summed E-state index contributed by atoms with van der Waals surface area (Å²) in [6.07, 6.45) is 0.326. The molecule has 0 unspecified atom stereocenters. The number of methoxy groups -OCH3 is 2. The second kappa shape index (κ2) is 9.38. The lowest BCUT2D eigenvalue weighted by molar-refractivity contribution is -0.125. The van der Waals surface area contributed by atoms with Crippen LogP contribution < -0.4 is 9.47 Å². The third-order valence-corrected chi connectivity index (χ3v) is 7.82. The van der Waals surface area contributed by atoms with Crippen molar-refractivity contribution in [3.8, 4) is 11.5 Å². The Morgan fingerprint density at radius 1 is 1.06 bits per heavy atom. The van der Waals surface area contributed by atoms with E-state index in [9.17, 15) is 9.59 Å². The second-order valence-corrected chi connectivity index (χ2v) is 9.76. The van der Waals surface area contributed by atoms with Gasteiger partial charge in [-0.15, -0.1) is 0 Å². The fourth-order valence-electron chi connectivity index (χ4n) is 5.58. The van der Waals surface area contributed by atoms with E-state index in [0.717, 1.165) is 26.7 Å². The van der Waals surface area contributed by atoms with Crippen LogP contribution in [0.25, 0.3) is 0 Å². The minimum absolute atomic E-state index is 0.0118. The van der Waals surface area contributed by atoms with Crippen molar-refractivity contribution in [2.75, 3.05) is 20.8 Å². The molecule has 0 N–H and O–H groups in total. The van der Waals surface area contributed by atoms with Crippen LogP contribution >= 0.6 is 15.9 Å². The molecular weight excluding hydrogens is 510 g/mol. The van der Waals surface area contributed by atoms with Gasteiger partial charge in [0.1, 0.15) is 18.1 Å². The second-order valence-electron chi connectivity index (χ2n) is 8.91. The maximum absolute atomic E-state index is 13.4. The minimum atomic E-state index is -0.792. The normalized spacial score (nSPS) is 20.7. The van der Waals surface area contributed by atoms with E-state index < -0.39 is 11.5 Å². The highest BCUT2D eigenvalue weighted by Gasteiger charge is 2.58. The van der Waals surface area contributed by atoms with E-state index in [1.54, 1.807) is 19.1 Å². The first-order valence-corrected chi connectivity index (χ1v) is 12.3. The summed E-state index contributed by atoms with van der Waals surface area (Å²) >= 11 is 3.70. The van der Waals surface area contributed by atoms with Crippen molar-refractivity contribution in [3.05, 3.63) is 93.5 Å². The van der Waals surface area contributed by atoms with Crippen LogP contribution in [0.2, 0.25) is 0 Å². The molecule has 0 bridgehead atoms. The number of halogens is 1. The topological polar surface area (TPSA) is 65.1 Å². The summed E-state index contributed by atoms with van der Waals surface area (Å²) in [6.45, 7) is 0.154. The number of carbonyl (C=O) groups excluding carboxylic acids is 2. The first kappa shape index (κ1) is 23.4. The highest BCUT2D eigenvalue weighted by Crippen LogP contribution is 2.56. The van der Waals surface area contributed by atoms with Gasteiger partial charge in [-0.25, -0.2) is 4.79 Å². The fraction of sp³-hybridized carbons (Fsp3) is 0.286. The van der Waals surface area contributed by atoms with E-state index in [1.165, 1.54) is 0 Å². The predicted molar refractivity (Wildman–Crippen MR) is 135 cm³/mol. The SMILES string of the molecule is COc1cccc([C@]23CC(=O)CN(C(=O)OCc4ccccc4)[C@H]2Cc2c(Br)ccc(OC)c23)c1. The minimum Gasteiger partial charge on any atom is -0.497 e. The summed E-state index contributed by atoms with van der Waals surface area (Å²) in [7, 11) is 3.25. The number of carbonyl (C=O) groups is 2. The van der Waals surface area contributed by atoms with Gasteiger partial charge in [0.15, 0.2) is 5.78 Å². The first-order valence-electron chi connectivity index (χ1n) is 11.5. The van der Waals surface area contributed by atoms with Crippen LogP contribution in [0.5, 0.6) is 11.5 Å². The van der Waals surface area contributed by atoms with Gasteiger partial charge in [-0.2, -0.15) is 0 Å². The van der Waals surface area contributed by atoms with E-state index in [4.69, 9.17) is 14.2 Å². The van der Waals surface area contributed by atoms with Crippen LogP contribution in [0.3, 0.4) is 0 Å². The van der Waals surface area contributed by atoms with E-state index in [1.807, 2.05) is 66.7 Å². The molecule has 3 aromatic rings. The van der Waals surface area contributed by atoms with Crippen LogP contribution in [0.15, 0.2) is 71.2 Å². The number of hydrogen-bond acceptors (Lipinski definition) is 5. The average molecular weight is 536 g/mol. The Kier molecular flexibility index (Phi) is 6.28. The standard InChI is InChI=1S/C28H26BrNO5/c1-33-21-10-6-9-19(13-21)28-15-20(31)16-30(27(32)35-17-18-7-4-3-5-8-18)25(28)14-22-23(29)11-12-24(34-2)26(22)28/h3-13,25H,14-17H2,1-2H3/t25-,28+/m0/s1. The van der Waals surface area contributed by atoms with Gasteiger partial charge in [-0.3, -0.25) is 9.69 Å². The Bertz CT molecular complexity index is 1280. The van der Waals surface area contributed by atoms with Crippen LogP contribution in [0.1, 0.15) is 28.7 Å². The summed E-state index contributed by atoms with van der Waals surface area (Å²) in [5.74, 6) is 1.35. The lowest BCUT2D eigenvalue weighted by Gasteiger charge is -2.46. The lowest BCUT2D eigenvalue weighted by Crippen LogP contribution is -2.58. The van der Waals surface area contributed by atoms with Crippen molar-refractivity contribution in [3.63, 3.8) is 0 Å². The number of piperidine rings is 1. The molecule has 2 atom stereocenters. The van der Waals surface area contributed by atoms with Gasteiger partial charge in [0.25, 0.3) is 0 Å². The Balaban J connectivity index is 1.62. The largest absolute Gasteiger partial charge is 0.497 e. The van der Waals surface area contributed by atoms with Crippen molar-refractivity contribution in [1.29, 1.82) is 0 Å². The number of ether oxygens (including phenoxy) is 3. The third-order valence-electron chi connectivity index (χ3n) is 7.07. The molecule has 0 spiro atoms. The molecular formula is C28H26BrNO5. The molecule has 1 aliphatic heterocycles. The van der Waals surface area contributed by atoms with E-state index in [-0.39, 0.29) is 31.4 Å². The quantitative estimate of drug-likeness (QED) is 0.444. The number of benzene rings is 3. The average Bonchev–Trinajstić information content (AvgIpc) is 3.25. The summed E-state index contributed by atoms with van der Waals surface area (Å²) in [4.78, 5) is 28.3. The molecule has 180 valence electrons.